The van der Waals surface area contributed by atoms with Crippen LogP contribution in [0.5, 0.6) is 0 Å². The summed E-state index contributed by atoms with van der Waals surface area (Å²) in [6, 6.07) is 2.47. The number of thiophene rings is 1. The van der Waals surface area contributed by atoms with Gasteiger partial charge in [0.15, 0.2) is 0 Å². The number of hydrogen-bond donors (Lipinski definition) is 3. The fraction of sp³-hybridized carbons (Fsp3) is 0.714. The molecule has 0 spiro atoms. The first-order valence-electron chi connectivity index (χ1n) is 6.69. The molecule has 0 radical (unpaired) electrons. The average Bonchev–Trinajstić information content (AvgIpc) is 2.82. The summed E-state index contributed by atoms with van der Waals surface area (Å²) in [7, 11) is 0. The first-order valence-corrected chi connectivity index (χ1v) is 7.50. The fourth-order valence-electron chi connectivity index (χ4n) is 2.46. The van der Waals surface area contributed by atoms with Crippen molar-refractivity contribution in [2.24, 2.45) is 0 Å². The van der Waals surface area contributed by atoms with Gasteiger partial charge in [-0.1, -0.05) is 0 Å². The lowest BCUT2D eigenvalue weighted by atomic mass is 9.98. The smallest absolute Gasteiger partial charge is 0.0633 e. The predicted molar refractivity (Wildman–Crippen MR) is 75.1 cm³/mol. The van der Waals surface area contributed by atoms with E-state index in [-0.39, 0.29) is 19.3 Å². The maximum atomic E-state index is 9.32. The van der Waals surface area contributed by atoms with Crippen molar-refractivity contribution >= 4 is 11.3 Å². The summed E-state index contributed by atoms with van der Waals surface area (Å²) in [5.74, 6) is 0. The second kappa shape index (κ2) is 5.70. The lowest BCUT2D eigenvalue weighted by Gasteiger charge is -2.29. The molecule has 2 rings (SSSR count). The van der Waals surface area contributed by atoms with E-state index < -0.39 is 5.54 Å². The third-order valence-corrected chi connectivity index (χ3v) is 5.13. The van der Waals surface area contributed by atoms with Gasteiger partial charge < -0.3 is 15.5 Å². The molecule has 3 nitrogen and oxygen atoms in total. The third kappa shape index (κ3) is 2.94. The van der Waals surface area contributed by atoms with E-state index >= 15 is 0 Å². The Kier molecular flexibility index (Phi) is 4.43. The average molecular weight is 269 g/mol. The number of aliphatic hydroxyl groups excluding tert-OH is 2. The molecule has 1 aliphatic carbocycles. The number of aliphatic hydroxyl groups is 2. The van der Waals surface area contributed by atoms with Crippen molar-refractivity contribution in [1.29, 1.82) is 0 Å². The van der Waals surface area contributed by atoms with Gasteiger partial charge in [0.05, 0.1) is 18.8 Å². The summed E-state index contributed by atoms with van der Waals surface area (Å²) >= 11 is 1.88. The molecule has 0 bridgehead atoms. The van der Waals surface area contributed by atoms with Gasteiger partial charge in [-0.25, -0.2) is 0 Å². The van der Waals surface area contributed by atoms with Crippen molar-refractivity contribution in [3.8, 4) is 0 Å². The number of aryl methyl sites for hydroxylation is 2. The third-order valence-electron chi connectivity index (χ3n) is 3.71. The van der Waals surface area contributed by atoms with E-state index in [1.807, 2.05) is 18.3 Å². The largest absolute Gasteiger partial charge is 0.394 e. The molecule has 0 aliphatic heterocycles. The monoisotopic (exact) mass is 269 g/mol. The van der Waals surface area contributed by atoms with Gasteiger partial charge >= 0.3 is 0 Å². The van der Waals surface area contributed by atoms with Crippen LogP contribution >= 0.6 is 11.3 Å². The summed E-state index contributed by atoms with van der Waals surface area (Å²) < 4.78 is 0. The van der Waals surface area contributed by atoms with Gasteiger partial charge in [0, 0.05) is 15.8 Å². The zero-order valence-corrected chi connectivity index (χ0v) is 12.0. The zero-order valence-electron chi connectivity index (χ0n) is 11.2. The Morgan fingerprint density at radius 2 is 2.00 bits per heavy atom. The molecule has 1 aromatic rings. The second-order valence-corrected chi connectivity index (χ2v) is 6.72. The Morgan fingerprint density at radius 1 is 1.33 bits per heavy atom. The number of hydrogen-bond acceptors (Lipinski definition) is 4. The number of nitrogens with one attached hydrogen (secondary N) is 1. The molecule has 1 atom stereocenters. The lowest BCUT2D eigenvalue weighted by molar-refractivity contribution is 0.0961. The second-order valence-electron chi connectivity index (χ2n) is 5.55. The highest BCUT2D eigenvalue weighted by Crippen LogP contribution is 2.33. The van der Waals surface area contributed by atoms with E-state index in [1.54, 1.807) is 0 Å². The van der Waals surface area contributed by atoms with Crippen LogP contribution in [-0.4, -0.2) is 29.0 Å². The summed E-state index contributed by atoms with van der Waals surface area (Å²) in [6.45, 7) is 3.83. The molecule has 0 aromatic carbocycles. The van der Waals surface area contributed by atoms with E-state index in [0.29, 0.717) is 0 Å². The molecule has 18 heavy (non-hydrogen) atoms. The Labute approximate surface area is 113 Å². The first kappa shape index (κ1) is 14.0. The van der Waals surface area contributed by atoms with Gasteiger partial charge in [-0.05, 0) is 51.2 Å². The zero-order chi connectivity index (χ0) is 13.2. The SMILES string of the molecule is CC(NC(C)(CO)CO)c1cc2c(s1)CCCC2. The van der Waals surface area contributed by atoms with Crippen LogP contribution in [0, 0.1) is 0 Å². The number of rotatable bonds is 5. The standard InChI is InChI=1S/C14H23NO2S/c1-10(15-14(2,8-16)9-17)13-7-11-5-3-4-6-12(11)18-13/h7,10,15-17H,3-6,8-9H2,1-2H3. The normalized spacial score (nSPS) is 17.6. The minimum atomic E-state index is -0.607. The molecule has 1 aromatic heterocycles. The van der Waals surface area contributed by atoms with Crippen LogP contribution in [0.2, 0.25) is 0 Å². The van der Waals surface area contributed by atoms with E-state index in [9.17, 15) is 10.2 Å². The van der Waals surface area contributed by atoms with Gasteiger partial charge in [-0.2, -0.15) is 0 Å². The van der Waals surface area contributed by atoms with E-state index in [0.717, 1.165) is 0 Å². The van der Waals surface area contributed by atoms with E-state index in [4.69, 9.17) is 0 Å². The molecule has 0 saturated heterocycles. The van der Waals surface area contributed by atoms with Gasteiger partial charge in [0.1, 0.15) is 0 Å². The van der Waals surface area contributed by atoms with Crippen molar-refractivity contribution in [1.82, 2.24) is 5.32 Å². The molecule has 4 heteroatoms. The van der Waals surface area contributed by atoms with Gasteiger partial charge in [-0.15, -0.1) is 11.3 Å². The highest BCUT2D eigenvalue weighted by Gasteiger charge is 2.26. The predicted octanol–water partition coefficient (Wildman–Crippen LogP) is 2.02. The summed E-state index contributed by atoms with van der Waals surface area (Å²) in [4.78, 5) is 2.84. The molecule has 102 valence electrons. The van der Waals surface area contributed by atoms with Crippen LogP contribution in [0.4, 0.5) is 0 Å². The van der Waals surface area contributed by atoms with Crippen molar-refractivity contribution in [2.45, 2.75) is 51.1 Å². The first-order chi connectivity index (χ1) is 8.58. The van der Waals surface area contributed by atoms with Crippen LogP contribution in [0.15, 0.2) is 6.07 Å². The summed E-state index contributed by atoms with van der Waals surface area (Å²) in [5.41, 5.74) is 0.897. The minimum Gasteiger partial charge on any atom is -0.394 e. The minimum absolute atomic E-state index is 0.0566. The maximum Gasteiger partial charge on any atom is 0.0633 e. The van der Waals surface area contributed by atoms with Crippen LogP contribution in [0.3, 0.4) is 0 Å². The quantitative estimate of drug-likeness (QED) is 0.766. The van der Waals surface area contributed by atoms with Crippen molar-refractivity contribution in [3.05, 3.63) is 21.4 Å². The highest BCUT2D eigenvalue weighted by molar-refractivity contribution is 7.12. The molecular formula is C14H23NO2S. The Hall–Kier alpha value is -0.420. The highest BCUT2D eigenvalue weighted by atomic mass is 32.1. The van der Waals surface area contributed by atoms with Gasteiger partial charge in [0.2, 0.25) is 0 Å². The molecule has 0 saturated carbocycles. The van der Waals surface area contributed by atoms with Crippen LogP contribution in [-0.2, 0) is 12.8 Å². The molecule has 1 unspecified atom stereocenters. The van der Waals surface area contributed by atoms with Crippen LogP contribution in [0.25, 0.3) is 0 Å². The molecule has 3 N–H and O–H groups in total. The van der Waals surface area contributed by atoms with Crippen molar-refractivity contribution in [3.63, 3.8) is 0 Å². The molecule has 1 heterocycles. The van der Waals surface area contributed by atoms with Gasteiger partial charge in [-0.3, -0.25) is 0 Å². The van der Waals surface area contributed by atoms with Crippen molar-refractivity contribution < 1.29 is 10.2 Å². The topological polar surface area (TPSA) is 52.5 Å². The molecular weight excluding hydrogens is 246 g/mol. The Morgan fingerprint density at radius 3 is 2.61 bits per heavy atom. The summed E-state index contributed by atoms with van der Waals surface area (Å²) in [5, 5.41) is 22.0. The number of fused-ring (bicyclic) bond motifs is 1. The van der Waals surface area contributed by atoms with Crippen LogP contribution in [0.1, 0.15) is 48.0 Å². The maximum absolute atomic E-state index is 9.32. The van der Waals surface area contributed by atoms with E-state index in [2.05, 4.69) is 18.3 Å². The van der Waals surface area contributed by atoms with Gasteiger partial charge in [0.25, 0.3) is 0 Å². The van der Waals surface area contributed by atoms with E-state index in [1.165, 1.54) is 41.0 Å². The Balaban J connectivity index is 2.09. The molecule has 1 aliphatic rings. The Bertz CT molecular complexity index is 375. The van der Waals surface area contributed by atoms with Crippen molar-refractivity contribution in [2.75, 3.05) is 13.2 Å². The lowest BCUT2D eigenvalue weighted by Crippen LogP contribution is -2.49. The molecule has 0 fully saturated rings. The van der Waals surface area contributed by atoms with Crippen LogP contribution < -0.4 is 5.32 Å². The molecule has 0 amide bonds. The summed E-state index contributed by atoms with van der Waals surface area (Å²) in [6.07, 6.45) is 5.02. The fourth-order valence-corrected chi connectivity index (χ4v) is 3.72.